The molecule has 0 saturated heterocycles. The van der Waals surface area contributed by atoms with Gasteiger partial charge in [-0.15, -0.1) is 11.3 Å². The summed E-state index contributed by atoms with van der Waals surface area (Å²) in [5.74, 6) is 0. The van der Waals surface area contributed by atoms with Crippen molar-refractivity contribution in [1.82, 2.24) is 4.57 Å². The van der Waals surface area contributed by atoms with Crippen molar-refractivity contribution in [3.63, 3.8) is 0 Å². The van der Waals surface area contributed by atoms with Crippen LogP contribution in [-0.2, 0) is 0 Å². The number of fused-ring (bicyclic) bond motifs is 13. The Morgan fingerprint density at radius 1 is 0.552 bits per heavy atom. The smallest absolute Gasteiger partial charge is 0.160 e. The summed E-state index contributed by atoms with van der Waals surface area (Å²) < 4.78 is 10.7. The largest absolute Gasteiger partial charge is 0.454 e. The van der Waals surface area contributed by atoms with Crippen LogP contribution < -0.4 is 0 Å². The van der Waals surface area contributed by atoms with Gasteiger partial charge in [-0.3, -0.25) is 0 Å². The van der Waals surface area contributed by atoms with Crippen LogP contribution in [0.2, 0.25) is 0 Å². The highest BCUT2D eigenvalue weighted by Crippen LogP contribution is 2.47. The molecule has 0 N–H and O–H groups in total. The fourth-order valence-corrected chi connectivity index (χ4v) is 10.1. The van der Waals surface area contributed by atoms with E-state index in [1.807, 2.05) is 6.07 Å². The SMILES string of the molecule is C=C(/C(=N\c1c(C)sc2ccccc12)c1ccccc1)c1ccc(-n2c3cc4ccccc4cc3c3c4ccccc4c4c5cc6ccccc6cc5oc4c32)cc1. The second-order valence-electron chi connectivity index (χ2n) is 15.2. The highest BCUT2D eigenvalue weighted by Gasteiger charge is 2.24. The van der Waals surface area contributed by atoms with E-state index in [-0.39, 0.29) is 0 Å². The van der Waals surface area contributed by atoms with Crippen molar-refractivity contribution in [3.8, 4) is 5.69 Å². The molecule has 3 nitrogen and oxygen atoms in total. The molecule has 0 bridgehead atoms. The molecule has 272 valence electrons. The number of allylic oxidation sites excluding steroid dienone is 1. The van der Waals surface area contributed by atoms with E-state index in [1.54, 1.807) is 11.3 Å². The molecule has 0 atom stereocenters. The van der Waals surface area contributed by atoms with E-state index in [4.69, 9.17) is 16.0 Å². The minimum absolute atomic E-state index is 0.867. The number of aromatic nitrogens is 1. The molecule has 9 aromatic carbocycles. The van der Waals surface area contributed by atoms with E-state index in [2.05, 4.69) is 181 Å². The molecule has 3 heterocycles. The van der Waals surface area contributed by atoms with Gasteiger partial charge in [-0.2, -0.15) is 0 Å². The van der Waals surface area contributed by atoms with Crippen LogP contribution in [0.1, 0.15) is 16.0 Å². The number of rotatable bonds is 5. The van der Waals surface area contributed by atoms with Crippen molar-refractivity contribution < 1.29 is 4.42 Å². The Bertz CT molecular complexity index is 3690. The van der Waals surface area contributed by atoms with Crippen LogP contribution in [0.5, 0.6) is 0 Å². The van der Waals surface area contributed by atoms with Gasteiger partial charge in [0, 0.05) is 53.3 Å². The molecule has 0 saturated carbocycles. The standard InChI is InChI=1S/C54H34N2OS/c1-32(51(35-14-4-3-5-15-35)55-52-33(2)58-48-23-13-12-22-43(48)52)34-24-26-40(27-25-34)56-46-30-38-18-8-6-16-36(38)28-44(46)49-41-20-10-11-21-42(41)50-45-29-37-17-7-9-19-39(37)31-47(45)57-54(50)53(49)56/h3-31H,1H2,2H3/b55-51+. The molecule has 0 spiro atoms. The summed E-state index contributed by atoms with van der Waals surface area (Å²) in [4.78, 5) is 6.58. The zero-order valence-corrected chi connectivity index (χ0v) is 32.5. The number of nitrogens with zero attached hydrogens (tertiary/aromatic N) is 2. The predicted molar refractivity (Wildman–Crippen MR) is 249 cm³/mol. The molecule has 0 aliphatic rings. The van der Waals surface area contributed by atoms with Gasteiger partial charge in [-0.1, -0.05) is 140 Å². The zero-order valence-electron chi connectivity index (χ0n) is 31.7. The first-order valence-electron chi connectivity index (χ1n) is 19.6. The fourth-order valence-electron chi connectivity index (χ4n) is 9.12. The van der Waals surface area contributed by atoms with Crippen molar-refractivity contribution in [1.29, 1.82) is 0 Å². The molecule has 58 heavy (non-hydrogen) atoms. The van der Waals surface area contributed by atoms with Gasteiger partial charge in [-0.25, -0.2) is 4.99 Å². The lowest BCUT2D eigenvalue weighted by molar-refractivity contribution is 0.672. The first kappa shape index (κ1) is 32.9. The molecule has 12 aromatic rings. The third kappa shape index (κ3) is 4.89. The predicted octanol–water partition coefficient (Wildman–Crippen LogP) is 15.5. The Morgan fingerprint density at radius 2 is 1.14 bits per heavy atom. The van der Waals surface area contributed by atoms with E-state index < -0.39 is 0 Å². The van der Waals surface area contributed by atoms with Crippen LogP contribution in [0.25, 0.3) is 97.4 Å². The normalized spacial score (nSPS) is 12.4. The minimum atomic E-state index is 0.867. The van der Waals surface area contributed by atoms with Crippen LogP contribution in [-0.4, -0.2) is 10.3 Å². The van der Waals surface area contributed by atoms with Crippen molar-refractivity contribution in [2.24, 2.45) is 4.99 Å². The average molecular weight is 759 g/mol. The second kappa shape index (κ2) is 12.6. The molecule has 0 aliphatic heterocycles. The number of furan rings is 1. The monoisotopic (exact) mass is 758 g/mol. The van der Waals surface area contributed by atoms with E-state index in [0.717, 1.165) is 77.5 Å². The first-order chi connectivity index (χ1) is 28.6. The zero-order chi connectivity index (χ0) is 38.5. The van der Waals surface area contributed by atoms with E-state index in [1.165, 1.54) is 47.3 Å². The maximum atomic E-state index is 7.05. The van der Waals surface area contributed by atoms with Gasteiger partial charge >= 0.3 is 0 Å². The molecule has 0 fully saturated rings. The van der Waals surface area contributed by atoms with Crippen molar-refractivity contribution in [3.05, 3.63) is 199 Å². The Morgan fingerprint density at radius 3 is 1.86 bits per heavy atom. The summed E-state index contributed by atoms with van der Waals surface area (Å²) in [5, 5.41) is 13.0. The number of thiophene rings is 1. The maximum Gasteiger partial charge on any atom is 0.160 e. The van der Waals surface area contributed by atoms with E-state index in [9.17, 15) is 0 Å². The molecule has 0 unspecified atom stereocenters. The van der Waals surface area contributed by atoms with Crippen LogP contribution in [0.3, 0.4) is 0 Å². The lowest BCUT2D eigenvalue weighted by atomic mass is 9.96. The van der Waals surface area contributed by atoms with Gasteiger partial charge in [0.25, 0.3) is 0 Å². The first-order valence-corrected chi connectivity index (χ1v) is 20.5. The van der Waals surface area contributed by atoms with Crippen LogP contribution in [0, 0.1) is 6.92 Å². The van der Waals surface area contributed by atoms with Crippen molar-refractivity contribution in [2.75, 3.05) is 0 Å². The summed E-state index contributed by atoms with van der Waals surface area (Å²) >= 11 is 1.78. The van der Waals surface area contributed by atoms with Gasteiger partial charge in [0.15, 0.2) is 5.58 Å². The number of hydrogen-bond donors (Lipinski definition) is 0. The molecule has 0 radical (unpaired) electrons. The Balaban J connectivity index is 1.11. The summed E-state index contributed by atoms with van der Waals surface area (Å²) in [6.07, 6.45) is 0. The fraction of sp³-hybridized carbons (Fsp3) is 0.0185. The highest BCUT2D eigenvalue weighted by molar-refractivity contribution is 7.19. The van der Waals surface area contributed by atoms with E-state index in [0.29, 0.717) is 0 Å². The summed E-state index contributed by atoms with van der Waals surface area (Å²) in [7, 11) is 0. The number of aryl methyl sites for hydroxylation is 1. The van der Waals surface area contributed by atoms with Gasteiger partial charge < -0.3 is 8.98 Å². The van der Waals surface area contributed by atoms with Gasteiger partial charge in [0.2, 0.25) is 0 Å². The average Bonchev–Trinajstić information content (AvgIpc) is 3.92. The number of benzene rings is 9. The molecule has 0 amide bonds. The summed E-state index contributed by atoms with van der Waals surface area (Å²) in [6.45, 7) is 6.85. The molecule has 3 aromatic heterocycles. The molecular weight excluding hydrogens is 725 g/mol. The maximum absolute atomic E-state index is 7.05. The van der Waals surface area contributed by atoms with E-state index >= 15 is 0 Å². The van der Waals surface area contributed by atoms with Gasteiger partial charge in [0.05, 0.1) is 22.4 Å². The second-order valence-corrected chi connectivity index (χ2v) is 16.4. The molecule has 0 aliphatic carbocycles. The van der Waals surface area contributed by atoms with Crippen molar-refractivity contribution >= 4 is 114 Å². The Labute approximate surface area is 338 Å². The summed E-state index contributed by atoms with van der Waals surface area (Å²) in [6, 6.07) is 62.9. The number of hydrogen-bond acceptors (Lipinski definition) is 3. The lowest BCUT2D eigenvalue weighted by Gasteiger charge is -2.14. The molecular formula is C54H34N2OS. The molecule has 4 heteroatoms. The third-order valence-corrected chi connectivity index (χ3v) is 12.9. The van der Waals surface area contributed by atoms with Gasteiger partial charge in [0.1, 0.15) is 5.58 Å². The lowest BCUT2D eigenvalue weighted by Crippen LogP contribution is -2.04. The summed E-state index contributed by atoms with van der Waals surface area (Å²) in [5.41, 5.74) is 9.83. The van der Waals surface area contributed by atoms with Crippen LogP contribution >= 0.6 is 11.3 Å². The third-order valence-electron chi connectivity index (χ3n) is 11.8. The minimum Gasteiger partial charge on any atom is -0.454 e. The topological polar surface area (TPSA) is 30.4 Å². The quantitative estimate of drug-likeness (QED) is 0.161. The van der Waals surface area contributed by atoms with Crippen LogP contribution in [0.15, 0.2) is 192 Å². The van der Waals surface area contributed by atoms with Gasteiger partial charge in [-0.05, 0) is 87.3 Å². The van der Waals surface area contributed by atoms with Crippen LogP contribution in [0.4, 0.5) is 5.69 Å². The molecule has 12 rings (SSSR count). The Hall–Kier alpha value is -7.27. The van der Waals surface area contributed by atoms with Crippen molar-refractivity contribution in [2.45, 2.75) is 6.92 Å². The Kier molecular flexibility index (Phi) is 7.16. The number of aliphatic imine (C=N–C) groups is 1. The highest BCUT2D eigenvalue weighted by atomic mass is 32.1.